The summed E-state index contributed by atoms with van der Waals surface area (Å²) in [6, 6.07) is 5.16. The van der Waals surface area contributed by atoms with E-state index >= 15 is 0 Å². The molecule has 0 radical (unpaired) electrons. The van der Waals surface area contributed by atoms with E-state index in [1.165, 1.54) is 0 Å². The molecule has 3 nitrogen and oxygen atoms in total. The van der Waals surface area contributed by atoms with Crippen molar-refractivity contribution in [3.05, 3.63) is 29.3 Å². The number of likely N-dealkylation sites (tertiary alicyclic amines) is 1. The zero-order valence-electron chi connectivity index (χ0n) is 10.4. The van der Waals surface area contributed by atoms with Gasteiger partial charge in [0.1, 0.15) is 5.75 Å². The van der Waals surface area contributed by atoms with Gasteiger partial charge in [0.2, 0.25) is 0 Å². The van der Waals surface area contributed by atoms with Crippen molar-refractivity contribution in [1.82, 2.24) is 4.90 Å². The molecule has 0 atom stereocenters. The van der Waals surface area contributed by atoms with Crippen LogP contribution in [0, 0.1) is 12.8 Å². The maximum atomic E-state index is 12.2. The highest BCUT2D eigenvalue weighted by molar-refractivity contribution is 5.97. The van der Waals surface area contributed by atoms with Gasteiger partial charge >= 0.3 is 0 Å². The number of carbonyl (C=O) groups excluding carboxylic acids is 1. The van der Waals surface area contributed by atoms with Crippen LogP contribution in [0.2, 0.25) is 0 Å². The van der Waals surface area contributed by atoms with E-state index in [9.17, 15) is 9.90 Å². The Balaban J connectivity index is 2.16. The Morgan fingerprint density at radius 3 is 2.65 bits per heavy atom. The van der Waals surface area contributed by atoms with E-state index in [0.29, 0.717) is 11.5 Å². The molecule has 0 spiro atoms. The van der Waals surface area contributed by atoms with Crippen LogP contribution in [-0.4, -0.2) is 29.0 Å². The molecule has 92 valence electrons. The number of nitrogens with zero attached hydrogens (tertiary/aromatic N) is 1. The van der Waals surface area contributed by atoms with Gasteiger partial charge in [0.25, 0.3) is 5.91 Å². The molecular formula is C14H19NO2. The molecule has 1 aromatic carbocycles. The number of carbonyl (C=O) groups is 1. The van der Waals surface area contributed by atoms with Gasteiger partial charge < -0.3 is 10.0 Å². The fourth-order valence-corrected chi connectivity index (χ4v) is 2.20. The number of phenols is 1. The van der Waals surface area contributed by atoms with Crippen molar-refractivity contribution in [3.63, 3.8) is 0 Å². The Bertz CT molecular complexity index is 420. The third-order valence-electron chi connectivity index (χ3n) is 3.45. The fraction of sp³-hybridized carbons (Fsp3) is 0.500. The van der Waals surface area contributed by atoms with Crippen molar-refractivity contribution in [2.45, 2.75) is 26.7 Å². The summed E-state index contributed by atoms with van der Waals surface area (Å²) in [7, 11) is 0. The standard InChI is InChI=1S/C14H19NO2/c1-10-5-7-15(8-6-10)14(17)12-9-11(2)3-4-13(12)16/h3-4,9-10,16H,5-8H2,1-2H3. The predicted molar refractivity (Wildman–Crippen MR) is 67.1 cm³/mol. The second-order valence-corrected chi connectivity index (χ2v) is 5.00. The Hall–Kier alpha value is -1.51. The average molecular weight is 233 g/mol. The molecule has 1 fully saturated rings. The normalized spacial score (nSPS) is 17.2. The van der Waals surface area contributed by atoms with Gasteiger partial charge in [-0.3, -0.25) is 4.79 Å². The van der Waals surface area contributed by atoms with Gasteiger partial charge in [-0.25, -0.2) is 0 Å². The minimum Gasteiger partial charge on any atom is -0.507 e. The maximum absolute atomic E-state index is 12.2. The first-order chi connectivity index (χ1) is 8.08. The quantitative estimate of drug-likeness (QED) is 0.810. The minimum absolute atomic E-state index is 0.0434. The van der Waals surface area contributed by atoms with E-state index < -0.39 is 0 Å². The van der Waals surface area contributed by atoms with Gasteiger partial charge in [-0.05, 0) is 37.8 Å². The fourth-order valence-electron chi connectivity index (χ4n) is 2.20. The van der Waals surface area contributed by atoms with E-state index in [0.717, 1.165) is 31.5 Å². The molecule has 0 unspecified atom stereocenters. The van der Waals surface area contributed by atoms with E-state index in [4.69, 9.17) is 0 Å². The van der Waals surface area contributed by atoms with Crippen LogP contribution in [-0.2, 0) is 0 Å². The average Bonchev–Trinajstić information content (AvgIpc) is 2.32. The molecule has 1 N–H and O–H groups in total. The summed E-state index contributed by atoms with van der Waals surface area (Å²) in [6.45, 7) is 5.74. The van der Waals surface area contributed by atoms with Crippen LogP contribution in [0.4, 0.5) is 0 Å². The molecule has 0 bridgehead atoms. The molecule has 3 heteroatoms. The molecular weight excluding hydrogens is 214 g/mol. The van der Waals surface area contributed by atoms with Crippen LogP contribution < -0.4 is 0 Å². The summed E-state index contributed by atoms with van der Waals surface area (Å²) < 4.78 is 0. The molecule has 1 amide bonds. The van der Waals surface area contributed by atoms with Crippen molar-refractivity contribution < 1.29 is 9.90 Å². The number of phenolic OH excluding ortho intramolecular Hbond substituents is 1. The summed E-state index contributed by atoms with van der Waals surface area (Å²) in [5.74, 6) is 0.738. The van der Waals surface area contributed by atoms with Crippen LogP contribution in [0.3, 0.4) is 0 Å². The summed E-state index contributed by atoms with van der Waals surface area (Å²) in [6.07, 6.45) is 2.11. The van der Waals surface area contributed by atoms with Gasteiger partial charge in [0.15, 0.2) is 0 Å². The lowest BCUT2D eigenvalue weighted by Gasteiger charge is -2.30. The lowest BCUT2D eigenvalue weighted by Crippen LogP contribution is -2.37. The molecule has 1 aliphatic rings. The van der Waals surface area contributed by atoms with E-state index in [2.05, 4.69) is 6.92 Å². The van der Waals surface area contributed by atoms with Gasteiger partial charge in [-0.2, -0.15) is 0 Å². The number of hydrogen-bond donors (Lipinski definition) is 1. The Morgan fingerprint density at radius 1 is 1.35 bits per heavy atom. The number of aromatic hydroxyl groups is 1. The highest BCUT2D eigenvalue weighted by Crippen LogP contribution is 2.23. The largest absolute Gasteiger partial charge is 0.507 e. The molecule has 0 aliphatic carbocycles. The highest BCUT2D eigenvalue weighted by Gasteiger charge is 2.23. The van der Waals surface area contributed by atoms with Gasteiger partial charge in [0.05, 0.1) is 5.56 Å². The van der Waals surface area contributed by atoms with Crippen LogP contribution in [0.25, 0.3) is 0 Å². The lowest BCUT2D eigenvalue weighted by atomic mass is 9.98. The van der Waals surface area contributed by atoms with Crippen molar-refractivity contribution in [3.8, 4) is 5.75 Å². The zero-order valence-corrected chi connectivity index (χ0v) is 10.4. The summed E-state index contributed by atoms with van der Waals surface area (Å²) in [5.41, 5.74) is 1.43. The maximum Gasteiger partial charge on any atom is 0.257 e. The van der Waals surface area contributed by atoms with Gasteiger partial charge in [0, 0.05) is 13.1 Å². The Morgan fingerprint density at radius 2 is 2.00 bits per heavy atom. The summed E-state index contributed by atoms with van der Waals surface area (Å²) in [5, 5.41) is 9.74. The highest BCUT2D eigenvalue weighted by atomic mass is 16.3. The third kappa shape index (κ3) is 2.60. The molecule has 1 aromatic rings. The molecule has 0 aromatic heterocycles. The SMILES string of the molecule is Cc1ccc(O)c(C(=O)N2CCC(C)CC2)c1. The molecule has 1 aliphatic heterocycles. The van der Waals surface area contributed by atoms with Crippen LogP contribution in [0.15, 0.2) is 18.2 Å². The second-order valence-electron chi connectivity index (χ2n) is 5.00. The number of amides is 1. The molecule has 0 saturated carbocycles. The summed E-state index contributed by atoms with van der Waals surface area (Å²) in [4.78, 5) is 14.1. The van der Waals surface area contributed by atoms with E-state index in [-0.39, 0.29) is 11.7 Å². The van der Waals surface area contributed by atoms with Crippen molar-refractivity contribution >= 4 is 5.91 Å². The lowest BCUT2D eigenvalue weighted by molar-refractivity contribution is 0.0694. The number of aryl methyl sites for hydroxylation is 1. The first kappa shape index (κ1) is 12.0. The van der Waals surface area contributed by atoms with Crippen molar-refractivity contribution in [2.75, 3.05) is 13.1 Å². The summed E-state index contributed by atoms with van der Waals surface area (Å²) >= 11 is 0. The van der Waals surface area contributed by atoms with Crippen LogP contribution in [0.1, 0.15) is 35.7 Å². The van der Waals surface area contributed by atoms with E-state index in [1.54, 1.807) is 12.1 Å². The molecule has 1 saturated heterocycles. The van der Waals surface area contributed by atoms with Crippen molar-refractivity contribution in [2.24, 2.45) is 5.92 Å². The number of hydrogen-bond acceptors (Lipinski definition) is 2. The first-order valence-corrected chi connectivity index (χ1v) is 6.17. The smallest absolute Gasteiger partial charge is 0.257 e. The van der Waals surface area contributed by atoms with Crippen molar-refractivity contribution in [1.29, 1.82) is 0 Å². The molecule has 1 heterocycles. The third-order valence-corrected chi connectivity index (χ3v) is 3.45. The Labute approximate surface area is 102 Å². The second kappa shape index (κ2) is 4.78. The van der Waals surface area contributed by atoms with Gasteiger partial charge in [-0.1, -0.05) is 18.6 Å². The monoisotopic (exact) mass is 233 g/mol. The zero-order chi connectivity index (χ0) is 12.4. The van der Waals surface area contributed by atoms with Crippen LogP contribution in [0.5, 0.6) is 5.75 Å². The molecule has 17 heavy (non-hydrogen) atoms. The topological polar surface area (TPSA) is 40.5 Å². The van der Waals surface area contributed by atoms with Crippen LogP contribution >= 0.6 is 0 Å². The van der Waals surface area contributed by atoms with E-state index in [1.807, 2.05) is 17.9 Å². The predicted octanol–water partition coefficient (Wildman–Crippen LogP) is 2.57. The number of rotatable bonds is 1. The Kier molecular flexibility index (Phi) is 3.36. The number of piperidine rings is 1. The minimum atomic E-state index is -0.0434. The molecule has 2 rings (SSSR count). The first-order valence-electron chi connectivity index (χ1n) is 6.17. The van der Waals surface area contributed by atoms with Gasteiger partial charge in [-0.15, -0.1) is 0 Å². The number of benzene rings is 1.